The molecule has 1 aromatic heterocycles. The number of thiophene rings is 1. The molecule has 0 bridgehead atoms. The van der Waals surface area contributed by atoms with E-state index in [0.29, 0.717) is 0 Å². The Kier molecular flexibility index (Phi) is 3.69. The Hall–Kier alpha value is -1.16. The normalized spacial score (nSPS) is 15.5. The Morgan fingerprint density at radius 2 is 2.16 bits per heavy atom. The van der Waals surface area contributed by atoms with Crippen LogP contribution in [-0.2, 0) is 19.3 Å². The van der Waals surface area contributed by atoms with E-state index in [1.165, 1.54) is 35.3 Å². The van der Waals surface area contributed by atoms with Crippen LogP contribution in [-0.4, -0.2) is 0 Å². The molecule has 1 unspecified atom stereocenters. The molecule has 0 amide bonds. The van der Waals surface area contributed by atoms with E-state index < -0.39 is 0 Å². The molecule has 1 aliphatic carbocycles. The molecule has 0 radical (unpaired) electrons. The van der Waals surface area contributed by atoms with E-state index in [1.54, 1.807) is 10.4 Å². The number of hydrogen-bond acceptors (Lipinski definition) is 3. The first-order valence-corrected chi connectivity index (χ1v) is 7.71. The maximum atomic E-state index is 5.78. The van der Waals surface area contributed by atoms with Crippen LogP contribution in [0.4, 0.5) is 0 Å². The van der Waals surface area contributed by atoms with Crippen molar-refractivity contribution >= 4 is 11.3 Å². The summed E-state index contributed by atoms with van der Waals surface area (Å²) >= 11 is 1.94. The van der Waals surface area contributed by atoms with Gasteiger partial charge in [-0.15, -0.1) is 11.3 Å². The molecule has 0 saturated heterocycles. The number of hydrazine groups is 1. The molecule has 19 heavy (non-hydrogen) atoms. The molecule has 100 valence electrons. The average molecular weight is 272 g/mol. The van der Waals surface area contributed by atoms with Gasteiger partial charge in [0.05, 0.1) is 6.04 Å². The van der Waals surface area contributed by atoms with Gasteiger partial charge in [0.15, 0.2) is 0 Å². The van der Waals surface area contributed by atoms with Crippen LogP contribution in [0.5, 0.6) is 0 Å². The van der Waals surface area contributed by atoms with Gasteiger partial charge in [-0.3, -0.25) is 11.3 Å². The zero-order valence-electron chi connectivity index (χ0n) is 11.3. The van der Waals surface area contributed by atoms with E-state index in [0.717, 1.165) is 6.42 Å². The quantitative estimate of drug-likeness (QED) is 0.662. The minimum Gasteiger partial charge on any atom is -0.271 e. The van der Waals surface area contributed by atoms with Gasteiger partial charge in [0.25, 0.3) is 0 Å². The van der Waals surface area contributed by atoms with E-state index in [1.807, 2.05) is 11.3 Å². The van der Waals surface area contributed by atoms with Crippen LogP contribution >= 0.6 is 11.3 Å². The lowest BCUT2D eigenvalue weighted by molar-refractivity contribution is 0.559. The second-order valence-corrected chi connectivity index (χ2v) is 6.47. The highest BCUT2D eigenvalue weighted by Crippen LogP contribution is 2.34. The fraction of sp³-hybridized carbons (Fsp3) is 0.375. The van der Waals surface area contributed by atoms with Crippen molar-refractivity contribution in [3.8, 4) is 0 Å². The van der Waals surface area contributed by atoms with Gasteiger partial charge in [-0.05, 0) is 55.4 Å². The molecule has 2 aromatic rings. The Balaban J connectivity index is 1.82. The van der Waals surface area contributed by atoms with Crippen LogP contribution < -0.4 is 11.3 Å². The number of fused-ring (bicyclic) bond motifs is 1. The van der Waals surface area contributed by atoms with Crippen molar-refractivity contribution in [2.24, 2.45) is 5.84 Å². The molecule has 3 heteroatoms. The zero-order valence-corrected chi connectivity index (χ0v) is 12.1. The number of hydrogen-bond donors (Lipinski definition) is 2. The second-order valence-electron chi connectivity index (χ2n) is 5.30. The summed E-state index contributed by atoms with van der Waals surface area (Å²) < 4.78 is 0. The second kappa shape index (κ2) is 5.45. The minimum atomic E-state index is 0.233. The van der Waals surface area contributed by atoms with Crippen LogP contribution in [0.25, 0.3) is 0 Å². The zero-order chi connectivity index (χ0) is 13.2. The average Bonchev–Trinajstić information content (AvgIpc) is 2.98. The van der Waals surface area contributed by atoms with Crippen LogP contribution in [0.15, 0.2) is 30.3 Å². The van der Waals surface area contributed by atoms with Crippen molar-refractivity contribution in [1.29, 1.82) is 0 Å². The van der Waals surface area contributed by atoms with Gasteiger partial charge < -0.3 is 0 Å². The molecule has 1 atom stereocenters. The van der Waals surface area contributed by atoms with Gasteiger partial charge in [-0.25, -0.2) is 0 Å². The number of benzene rings is 1. The highest BCUT2D eigenvalue weighted by atomic mass is 32.1. The first-order chi connectivity index (χ1) is 9.28. The molecule has 1 aromatic carbocycles. The molecule has 0 saturated carbocycles. The summed E-state index contributed by atoms with van der Waals surface area (Å²) in [4.78, 5) is 2.95. The van der Waals surface area contributed by atoms with E-state index in [2.05, 4.69) is 42.7 Å². The molecule has 3 N–H and O–H groups in total. The molecule has 3 rings (SSSR count). The number of rotatable bonds is 4. The van der Waals surface area contributed by atoms with Crippen molar-refractivity contribution in [2.75, 3.05) is 0 Å². The van der Waals surface area contributed by atoms with Crippen LogP contribution in [0.2, 0.25) is 0 Å². The molecule has 0 aliphatic heterocycles. The largest absolute Gasteiger partial charge is 0.271 e. The van der Waals surface area contributed by atoms with E-state index >= 15 is 0 Å². The maximum absolute atomic E-state index is 5.78. The van der Waals surface area contributed by atoms with Crippen molar-refractivity contribution in [3.05, 3.63) is 56.8 Å². The highest BCUT2D eigenvalue weighted by Gasteiger charge is 2.20. The van der Waals surface area contributed by atoms with Gasteiger partial charge in [-0.2, -0.15) is 0 Å². The number of aryl methyl sites for hydroxylation is 3. The Bertz CT molecular complexity index is 552. The van der Waals surface area contributed by atoms with Crippen LogP contribution in [0, 0.1) is 6.92 Å². The smallest absolute Gasteiger partial charge is 0.0593 e. The standard InChI is InChI=1S/C16H20N2S/c1-11-5-2-3-6-12(11)9-14(18-17)16-10-13-7-4-8-15(13)19-16/h2-3,5-6,10,14,18H,4,7-9,17H2,1H3. The molecular formula is C16H20N2S. The first-order valence-electron chi connectivity index (χ1n) is 6.90. The van der Waals surface area contributed by atoms with E-state index in [4.69, 9.17) is 5.84 Å². The predicted molar refractivity (Wildman–Crippen MR) is 81.3 cm³/mol. The summed E-state index contributed by atoms with van der Waals surface area (Å²) in [5.41, 5.74) is 7.25. The Morgan fingerprint density at radius 1 is 1.32 bits per heavy atom. The van der Waals surface area contributed by atoms with Gasteiger partial charge in [0, 0.05) is 9.75 Å². The Labute approximate surface area is 118 Å². The summed E-state index contributed by atoms with van der Waals surface area (Å²) in [6, 6.07) is 11.1. The predicted octanol–water partition coefficient (Wildman–Crippen LogP) is 3.29. The first kappa shape index (κ1) is 12.9. The topological polar surface area (TPSA) is 38.0 Å². The van der Waals surface area contributed by atoms with Gasteiger partial charge >= 0.3 is 0 Å². The lowest BCUT2D eigenvalue weighted by Gasteiger charge is -2.16. The van der Waals surface area contributed by atoms with Crippen LogP contribution in [0.1, 0.15) is 38.9 Å². The SMILES string of the molecule is Cc1ccccc1CC(NN)c1cc2c(s1)CCC2. The number of nitrogens with two attached hydrogens (primary N) is 1. The van der Waals surface area contributed by atoms with Crippen molar-refractivity contribution in [3.63, 3.8) is 0 Å². The third kappa shape index (κ3) is 2.59. The summed E-state index contributed by atoms with van der Waals surface area (Å²) in [6.45, 7) is 2.16. The lowest BCUT2D eigenvalue weighted by Crippen LogP contribution is -2.29. The van der Waals surface area contributed by atoms with Crippen molar-refractivity contribution in [2.45, 2.75) is 38.6 Å². The van der Waals surface area contributed by atoms with Gasteiger partial charge in [0.2, 0.25) is 0 Å². The van der Waals surface area contributed by atoms with E-state index in [9.17, 15) is 0 Å². The third-order valence-electron chi connectivity index (χ3n) is 4.00. The summed E-state index contributed by atoms with van der Waals surface area (Å²) in [6.07, 6.45) is 4.78. The minimum absolute atomic E-state index is 0.233. The fourth-order valence-corrected chi connectivity index (χ4v) is 4.14. The fourth-order valence-electron chi connectivity index (χ4n) is 2.82. The lowest BCUT2D eigenvalue weighted by atomic mass is 10.0. The molecular weight excluding hydrogens is 252 g/mol. The van der Waals surface area contributed by atoms with E-state index in [-0.39, 0.29) is 6.04 Å². The van der Waals surface area contributed by atoms with Gasteiger partial charge in [0.1, 0.15) is 0 Å². The van der Waals surface area contributed by atoms with Crippen molar-refractivity contribution < 1.29 is 0 Å². The molecule has 1 aliphatic rings. The summed E-state index contributed by atoms with van der Waals surface area (Å²) in [5, 5.41) is 0. The molecule has 2 nitrogen and oxygen atoms in total. The van der Waals surface area contributed by atoms with Gasteiger partial charge in [-0.1, -0.05) is 24.3 Å². The highest BCUT2D eigenvalue weighted by molar-refractivity contribution is 7.12. The monoisotopic (exact) mass is 272 g/mol. The Morgan fingerprint density at radius 3 is 2.89 bits per heavy atom. The maximum Gasteiger partial charge on any atom is 0.0593 e. The molecule has 1 heterocycles. The number of nitrogens with one attached hydrogen (secondary N) is 1. The molecule has 0 fully saturated rings. The van der Waals surface area contributed by atoms with Crippen LogP contribution in [0.3, 0.4) is 0 Å². The molecule has 0 spiro atoms. The van der Waals surface area contributed by atoms with Crippen molar-refractivity contribution in [1.82, 2.24) is 5.43 Å². The third-order valence-corrected chi connectivity index (χ3v) is 5.35. The summed E-state index contributed by atoms with van der Waals surface area (Å²) in [7, 11) is 0. The summed E-state index contributed by atoms with van der Waals surface area (Å²) in [5.74, 6) is 5.78.